The van der Waals surface area contributed by atoms with Crippen LogP contribution in [0.5, 0.6) is 5.75 Å². The Labute approximate surface area is 146 Å². The maximum atomic E-state index is 13.5. The second kappa shape index (κ2) is 9.42. The number of rotatable bonds is 8. The Bertz CT molecular complexity index is 734. The van der Waals surface area contributed by atoms with Gasteiger partial charge in [-0.3, -0.25) is 9.59 Å². The predicted octanol–water partition coefficient (Wildman–Crippen LogP) is 3.37. The lowest BCUT2D eigenvalue weighted by molar-refractivity contribution is -0.118. The van der Waals surface area contributed by atoms with Crippen LogP contribution < -0.4 is 15.4 Å². The summed E-state index contributed by atoms with van der Waals surface area (Å²) in [4.78, 5) is 24.1. The van der Waals surface area contributed by atoms with Crippen LogP contribution in [0.3, 0.4) is 0 Å². The molecule has 0 aliphatic heterocycles. The molecule has 0 atom stereocenters. The quantitative estimate of drug-likeness (QED) is 0.722. The van der Waals surface area contributed by atoms with E-state index in [2.05, 4.69) is 10.6 Å². The van der Waals surface area contributed by atoms with Crippen LogP contribution in [0.4, 0.5) is 10.1 Å². The molecule has 0 aliphatic rings. The Balaban J connectivity index is 1.95. The summed E-state index contributed by atoms with van der Waals surface area (Å²) in [5.74, 6) is -0.975. The van der Waals surface area contributed by atoms with Crippen LogP contribution in [0, 0.1) is 5.82 Å². The van der Waals surface area contributed by atoms with Crippen molar-refractivity contribution in [3.8, 4) is 5.75 Å². The van der Waals surface area contributed by atoms with E-state index in [1.165, 1.54) is 18.2 Å². The zero-order chi connectivity index (χ0) is 18.1. The van der Waals surface area contributed by atoms with Crippen LogP contribution in [-0.4, -0.2) is 25.0 Å². The molecule has 0 unspecified atom stereocenters. The van der Waals surface area contributed by atoms with E-state index in [9.17, 15) is 14.0 Å². The molecule has 0 heterocycles. The van der Waals surface area contributed by atoms with E-state index in [0.717, 1.165) is 12.8 Å². The third-order valence-corrected chi connectivity index (χ3v) is 3.45. The highest BCUT2D eigenvalue weighted by Crippen LogP contribution is 2.18. The number of unbranched alkanes of at least 4 members (excludes halogenated alkanes) is 1. The fourth-order valence-corrected chi connectivity index (χ4v) is 2.15. The van der Waals surface area contributed by atoms with Gasteiger partial charge in [0.25, 0.3) is 11.8 Å². The Kier molecular flexibility index (Phi) is 6.95. The summed E-state index contributed by atoms with van der Waals surface area (Å²) < 4.78 is 19.0. The molecule has 6 heteroatoms. The molecule has 132 valence electrons. The van der Waals surface area contributed by atoms with Crippen molar-refractivity contribution in [2.24, 2.45) is 0 Å². The number of anilines is 1. The van der Waals surface area contributed by atoms with Crippen LogP contribution >= 0.6 is 0 Å². The summed E-state index contributed by atoms with van der Waals surface area (Å²) in [6.07, 6.45) is 1.87. The van der Waals surface area contributed by atoms with E-state index in [4.69, 9.17) is 4.74 Å². The molecule has 0 bridgehead atoms. The van der Waals surface area contributed by atoms with E-state index in [-0.39, 0.29) is 18.2 Å². The minimum Gasteiger partial charge on any atom is -0.483 e. The number of hydrogen-bond acceptors (Lipinski definition) is 3. The van der Waals surface area contributed by atoms with Gasteiger partial charge in [-0.15, -0.1) is 0 Å². The minimum atomic E-state index is -0.522. The SMILES string of the molecule is CCCCNC(=O)c1ccccc1OCC(=O)Nc1ccccc1F. The van der Waals surface area contributed by atoms with Crippen molar-refractivity contribution in [3.63, 3.8) is 0 Å². The molecule has 5 nitrogen and oxygen atoms in total. The van der Waals surface area contributed by atoms with Crippen molar-refractivity contribution in [2.45, 2.75) is 19.8 Å². The monoisotopic (exact) mass is 344 g/mol. The number of nitrogens with one attached hydrogen (secondary N) is 2. The zero-order valence-electron chi connectivity index (χ0n) is 14.0. The second-order valence-electron chi connectivity index (χ2n) is 5.42. The molecule has 0 radical (unpaired) electrons. The lowest BCUT2D eigenvalue weighted by Gasteiger charge is -2.12. The minimum absolute atomic E-state index is 0.0849. The lowest BCUT2D eigenvalue weighted by Crippen LogP contribution is -2.26. The fourth-order valence-electron chi connectivity index (χ4n) is 2.15. The van der Waals surface area contributed by atoms with E-state index in [1.807, 2.05) is 6.92 Å². The summed E-state index contributed by atoms with van der Waals surface area (Å²) in [5.41, 5.74) is 0.444. The van der Waals surface area contributed by atoms with Crippen molar-refractivity contribution in [1.82, 2.24) is 5.32 Å². The number of ether oxygens (including phenoxy) is 1. The Morgan fingerprint density at radius 2 is 1.80 bits per heavy atom. The third-order valence-electron chi connectivity index (χ3n) is 3.45. The van der Waals surface area contributed by atoms with Gasteiger partial charge in [-0.1, -0.05) is 37.6 Å². The average molecular weight is 344 g/mol. The summed E-state index contributed by atoms with van der Waals surface area (Å²) in [7, 11) is 0. The normalized spacial score (nSPS) is 10.2. The fraction of sp³-hybridized carbons (Fsp3) is 0.263. The maximum Gasteiger partial charge on any atom is 0.262 e. The average Bonchev–Trinajstić information content (AvgIpc) is 2.62. The highest BCUT2D eigenvalue weighted by atomic mass is 19.1. The number of carbonyl (C=O) groups is 2. The summed E-state index contributed by atoms with van der Waals surface area (Å²) in [6.45, 7) is 2.29. The Morgan fingerprint density at radius 1 is 1.08 bits per heavy atom. The van der Waals surface area contributed by atoms with E-state index >= 15 is 0 Å². The third kappa shape index (κ3) is 5.60. The first-order chi connectivity index (χ1) is 12.1. The van der Waals surface area contributed by atoms with Gasteiger partial charge in [0, 0.05) is 6.54 Å². The molecule has 0 saturated carbocycles. The highest BCUT2D eigenvalue weighted by molar-refractivity contribution is 5.97. The highest BCUT2D eigenvalue weighted by Gasteiger charge is 2.13. The van der Waals surface area contributed by atoms with Crippen molar-refractivity contribution < 1.29 is 18.7 Å². The van der Waals surface area contributed by atoms with Gasteiger partial charge < -0.3 is 15.4 Å². The molecule has 0 spiro atoms. The van der Waals surface area contributed by atoms with Gasteiger partial charge in [0.15, 0.2) is 6.61 Å². The van der Waals surface area contributed by atoms with Gasteiger partial charge in [0.2, 0.25) is 0 Å². The number of para-hydroxylation sites is 2. The van der Waals surface area contributed by atoms with Crippen LogP contribution in [0.15, 0.2) is 48.5 Å². The van der Waals surface area contributed by atoms with Crippen LogP contribution in [-0.2, 0) is 4.79 Å². The molecule has 25 heavy (non-hydrogen) atoms. The zero-order valence-corrected chi connectivity index (χ0v) is 14.0. The van der Waals surface area contributed by atoms with Crippen molar-refractivity contribution >= 4 is 17.5 Å². The molecule has 0 saturated heterocycles. The van der Waals surface area contributed by atoms with E-state index in [1.54, 1.807) is 30.3 Å². The standard InChI is InChI=1S/C19H21FN2O3/c1-2-3-12-21-19(24)14-8-4-7-11-17(14)25-13-18(23)22-16-10-6-5-9-15(16)20/h4-11H,2-3,12-13H2,1H3,(H,21,24)(H,22,23). The van der Waals surface area contributed by atoms with Crippen LogP contribution in [0.25, 0.3) is 0 Å². The summed E-state index contributed by atoms with van der Waals surface area (Å²) in [6, 6.07) is 12.6. The number of amides is 2. The summed E-state index contributed by atoms with van der Waals surface area (Å²) >= 11 is 0. The molecule has 0 aliphatic carbocycles. The molecular weight excluding hydrogens is 323 g/mol. The smallest absolute Gasteiger partial charge is 0.262 e. The predicted molar refractivity (Wildman–Crippen MR) is 94.2 cm³/mol. The van der Waals surface area contributed by atoms with E-state index in [0.29, 0.717) is 17.9 Å². The van der Waals surface area contributed by atoms with Crippen LogP contribution in [0.2, 0.25) is 0 Å². The number of hydrogen-bond donors (Lipinski definition) is 2. The van der Waals surface area contributed by atoms with Crippen molar-refractivity contribution in [3.05, 3.63) is 59.9 Å². The first-order valence-corrected chi connectivity index (χ1v) is 8.16. The van der Waals surface area contributed by atoms with Gasteiger partial charge in [-0.25, -0.2) is 4.39 Å². The van der Waals surface area contributed by atoms with Crippen molar-refractivity contribution in [2.75, 3.05) is 18.5 Å². The van der Waals surface area contributed by atoms with Crippen LogP contribution in [0.1, 0.15) is 30.1 Å². The first-order valence-electron chi connectivity index (χ1n) is 8.16. The maximum absolute atomic E-state index is 13.5. The molecule has 2 aromatic carbocycles. The number of halogens is 1. The van der Waals surface area contributed by atoms with E-state index < -0.39 is 11.7 Å². The largest absolute Gasteiger partial charge is 0.483 e. The van der Waals surface area contributed by atoms with Gasteiger partial charge >= 0.3 is 0 Å². The molecular formula is C19H21FN2O3. The number of carbonyl (C=O) groups excluding carboxylic acids is 2. The summed E-state index contributed by atoms with van der Waals surface area (Å²) in [5, 5.41) is 5.24. The topological polar surface area (TPSA) is 67.4 Å². The molecule has 2 amide bonds. The Hall–Kier alpha value is -2.89. The Morgan fingerprint density at radius 3 is 2.56 bits per heavy atom. The van der Waals surface area contributed by atoms with Crippen molar-refractivity contribution in [1.29, 1.82) is 0 Å². The van der Waals surface area contributed by atoms with Gasteiger partial charge in [0.1, 0.15) is 11.6 Å². The molecule has 0 aromatic heterocycles. The van der Waals surface area contributed by atoms with Gasteiger partial charge in [-0.2, -0.15) is 0 Å². The lowest BCUT2D eigenvalue weighted by atomic mass is 10.2. The molecule has 2 aromatic rings. The van der Waals surface area contributed by atoms with Gasteiger partial charge in [0.05, 0.1) is 11.3 Å². The molecule has 2 N–H and O–H groups in total. The molecule has 0 fully saturated rings. The number of benzene rings is 2. The van der Waals surface area contributed by atoms with Gasteiger partial charge in [-0.05, 0) is 30.7 Å². The first kappa shape index (κ1) is 18.4. The molecule has 2 rings (SSSR count). The second-order valence-corrected chi connectivity index (χ2v) is 5.42.